The van der Waals surface area contributed by atoms with E-state index in [1.165, 1.54) is 0 Å². The van der Waals surface area contributed by atoms with Crippen molar-refractivity contribution in [3.63, 3.8) is 0 Å². The van der Waals surface area contributed by atoms with Crippen LogP contribution in [-0.4, -0.2) is 26.3 Å². The van der Waals surface area contributed by atoms with Crippen LogP contribution in [0.4, 0.5) is 0 Å². The lowest BCUT2D eigenvalue weighted by Gasteiger charge is -2.07. The van der Waals surface area contributed by atoms with Gasteiger partial charge in [-0.15, -0.1) is 0 Å². The maximum Gasteiger partial charge on any atom is 0.161 e. The number of ether oxygens (including phenoxy) is 2. The van der Waals surface area contributed by atoms with Crippen molar-refractivity contribution in [1.29, 1.82) is 0 Å². The second-order valence-corrected chi connectivity index (χ2v) is 5.55. The van der Waals surface area contributed by atoms with Gasteiger partial charge in [-0.3, -0.25) is 0 Å². The Hall–Kier alpha value is -1.48. The Morgan fingerprint density at radius 3 is 2.80 bits per heavy atom. The Labute approximate surface area is 122 Å². The fourth-order valence-corrected chi connectivity index (χ4v) is 2.08. The van der Waals surface area contributed by atoms with Crippen LogP contribution in [0.25, 0.3) is 6.08 Å². The Morgan fingerprint density at radius 1 is 1.20 bits per heavy atom. The molecule has 20 heavy (non-hydrogen) atoms. The molecule has 0 amide bonds. The van der Waals surface area contributed by atoms with Crippen molar-refractivity contribution in [3.05, 3.63) is 29.8 Å². The predicted molar refractivity (Wildman–Crippen MR) is 83.4 cm³/mol. The van der Waals surface area contributed by atoms with Crippen LogP contribution in [0.15, 0.2) is 24.3 Å². The highest BCUT2D eigenvalue weighted by Crippen LogP contribution is 2.30. The standard InChI is InChI=1S/C17H25NO2/c1-14(2)13-18-9-4-3-6-15-7-8-16-17(12-15)20-11-5-10-19-16/h3,6-8,12,14,18H,4-5,9-11,13H2,1-2H3. The molecule has 0 saturated carbocycles. The summed E-state index contributed by atoms with van der Waals surface area (Å²) in [5.74, 6) is 2.43. The molecule has 1 aliphatic rings. The summed E-state index contributed by atoms with van der Waals surface area (Å²) in [6, 6.07) is 6.13. The van der Waals surface area contributed by atoms with E-state index in [9.17, 15) is 0 Å². The summed E-state index contributed by atoms with van der Waals surface area (Å²) in [6.07, 6.45) is 6.33. The van der Waals surface area contributed by atoms with E-state index in [1.54, 1.807) is 0 Å². The summed E-state index contributed by atoms with van der Waals surface area (Å²) in [5.41, 5.74) is 1.16. The number of benzene rings is 1. The molecule has 0 bridgehead atoms. The molecule has 110 valence electrons. The van der Waals surface area contributed by atoms with Gasteiger partial charge < -0.3 is 14.8 Å². The molecule has 1 aliphatic heterocycles. The number of rotatable bonds is 6. The van der Waals surface area contributed by atoms with Gasteiger partial charge in [0, 0.05) is 6.42 Å². The quantitative estimate of drug-likeness (QED) is 0.806. The van der Waals surface area contributed by atoms with Crippen molar-refractivity contribution < 1.29 is 9.47 Å². The van der Waals surface area contributed by atoms with Crippen LogP contribution in [0, 0.1) is 5.92 Å². The Balaban J connectivity index is 1.82. The minimum Gasteiger partial charge on any atom is -0.490 e. The largest absolute Gasteiger partial charge is 0.490 e. The zero-order chi connectivity index (χ0) is 14.2. The average Bonchev–Trinajstić information content (AvgIpc) is 2.67. The molecule has 0 spiro atoms. The van der Waals surface area contributed by atoms with E-state index in [0.717, 1.165) is 56.2 Å². The third kappa shape index (κ3) is 4.89. The van der Waals surface area contributed by atoms with Gasteiger partial charge in [-0.1, -0.05) is 32.1 Å². The molecule has 0 atom stereocenters. The highest BCUT2D eigenvalue weighted by Gasteiger charge is 2.09. The van der Waals surface area contributed by atoms with Crippen LogP contribution in [0.2, 0.25) is 0 Å². The van der Waals surface area contributed by atoms with Gasteiger partial charge in [0.2, 0.25) is 0 Å². The summed E-state index contributed by atoms with van der Waals surface area (Å²) in [6.45, 7) is 8.03. The monoisotopic (exact) mass is 275 g/mol. The number of fused-ring (bicyclic) bond motifs is 1. The molecule has 0 radical (unpaired) electrons. The normalized spacial score (nSPS) is 14.8. The van der Waals surface area contributed by atoms with E-state index in [-0.39, 0.29) is 0 Å². The molecule has 1 heterocycles. The minimum absolute atomic E-state index is 0.709. The average molecular weight is 275 g/mol. The molecule has 1 N–H and O–H groups in total. The first-order chi connectivity index (χ1) is 9.75. The summed E-state index contributed by atoms with van der Waals surface area (Å²) < 4.78 is 11.3. The van der Waals surface area contributed by atoms with Crippen molar-refractivity contribution in [3.8, 4) is 11.5 Å². The van der Waals surface area contributed by atoms with Crippen molar-refractivity contribution in [2.45, 2.75) is 26.7 Å². The van der Waals surface area contributed by atoms with E-state index < -0.39 is 0 Å². The lowest BCUT2D eigenvalue weighted by Crippen LogP contribution is -2.20. The molecule has 0 saturated heterocycles. The smallest absolute Gasteiger partial charge is 0.161 e. The Bertz CT molecular complexity index is 441. The van der Waals surface area contributed by atoms with E-state index in [4.69, 9.17) is 9.47 Å². The van der Waals surface area contributed by atoms with Gasteiger partial charge in [0.15, 0.2) is 11.5 Å². The van der Waals surface area contributed by atoms with Crippen molar-refractivity contribution >= 4 is 6.08 Å². The van der Waals surface area contributed by atoms with Crippen LogP contribution in [0.1, 0.15) is 32.3 Å². The van der Waals surface area contributed by atoms with Crippen molar-refractivity contribution in [2.75, 3.05) is 26.3 Å². The molecule has 2 rings (SSSR count). The number of nitrogens with one attached hydrogen (secondary N) is 1. The number of hydrogen-bond acceptors (Lipinski definition) is 3. The van der Waals surface area contributed by atoms with Gasteiger partial charge in [0.25, 0.3) is 0 Å². The van der Waals surface area contributed by atoms with Gasteiger partial charge >= 0.3 is 0 Å². The topological polar surface area (TPSA) is 30.5 Å². The third-order valence-electron chi connectivity index (χ3n) is 3.12. The first kappa shape index (κ1) is 14.9. The van der Waals surface area contributed by atoms with Gasteiger partial charge in [0.1, 0.15) is 0 Å². The first-order valence-electron chi connectivity index (χ1n) is 7.52. The van der Waals surface area contributed by atoms with Crippen LogP contribution >= 0.6 is 0 Å². The summed E-state index contributed by atoms with van der Waals surface area (Å²) in [7, 11) is 0. The lowest BCUT2D eigenvalue weighted by atomic mass is 10.1. The van der Waals surface area contributed by atoms with E-state index >= 15 is 0 Å². The fourth-order valence-electron chi connectivity index (χ4n) is 2.08. The molecular formula is C17H25NO2. The van der Waals surface area contributed by atoms with Gasteiger partial charge in [-0.2, -0.15) is 0 Å². The molecule has 0 unspecified atom stereocenters. The van der Waals surface area contributed by atoms with Crippen LogP contribution in [0.3, 0.4) is 0 Å². The number of hydrogen-bond donors (Lipinski definition) is 1. The summed E-state index contributed by atoms with van der Waals surface area (Å²) in [5, 5.41) is 3.43. The molecule has 0 fully saturated rings. The molecule has 0 aliphatic carbocycles. The fraction of sp³-hybridized carbons (Fsp3) is 0.529. The maximum atomic E-state index is 5.69. The zero-order valence-electron chi connectivity index (χ0n) is 12.5. The molecule has 3 heteroatoms. The first-order valence-corrected chi connectivity index (χ1v) is 7.52. The minimum atomic E-state index is 0.709. The second-order valence-electron chi connectivity index (χ2n) is 5.55. The molecule has 0 aromatic heterocycles. The third-order valence-corrected chi connectivity index (χ3v) is 3.12. The SMILES string of the molecule is CC(C)CNCCC=Cc1ccc2c(c1)OCCCO2. The van der Waals surface area contributed by atoms with E-state index in [0.29, 0.717) is 5.92 Å². The molecule has 1 aromatic rings. The zero-order valence-corrected chi connectivity index (χ0v) is 12.5. The van der Waals surface area contributed by atoms with Crippen LogP contribution < -0.4 is 14.8 Å². The molecular weight excluding hydrogens is 250 g/mol. The molecule has 1 aromatic carbocycles. The highest BCUT2D eigenvalue weighted by molar-refractivity contribution is 5.56. The predicted octanol–water partition coefficient (Wildman–Crippen LogP) is 3.50. The van der Waals surface area contributed by atoms with Crippen molar-refractivity contribution in [2.24, 2.45) is 5.92 Å². The second kappa shape index (κ2) is 7.95. The van der Waals surface area contributed by atoms with Crippen LogP contribution in [-0.2, 0) is 0 Å². The summed E-state index contributed by atoms with van der Waals surface area (Å²) >= 11 is 0. The van der Waals surface area contributed by atoms with Crippen molar-refractivity contribution in [1.82, 2.24) is 5.32 Å². The molecule has 3 nitrogen and oxygen atoms in total. The van der Waals surface area contributed by atoms with E-state index in [2.05, 4.69) is 43.4 Å². The van der Waals surface area contributed by atoms with Gasteiger partial charge in [-0.05, 0) is 43.1 Å². The van der Waals surface area contributed by atoms with Gasteiger partial charge in [-0.25, -0.2) is 0 Å². The van der Waals surface area contributed by atoms with Gasteiger partial charge in [0.05, 0.1) is 13.2 Å². The highest BCUT2D eigenvalue weighted by atomic mass is 16.5. The Morgan fingerprint density at radius 2 is 2.00 bits per heavy atom. The van der Waals surface area contributed by atoms with E-state index in [1.807, 2.05) is 6.07 Å². The lowest BCUT2D eigenvalue weighted by molar-refractivity contribution is 0.297. The van der Waals surface area contributed by atoms with Crippen LogP contribution in [0.5, 0.6) is 11.5 Å². The summed E-state index contributed by atoms with van der Waals surface area (Å²) in [4.78, 5) is 0. The maximum absolute atomic E-state index is 5.69. The Kier molecular flexibility index (Phi) is 5.93.